The third-order valence-corrected chi connectivity index (χ3v) is 0.980. The summed E-state index contributed by atoms with van der Waals surface area (Å²) in [5.41, 5.74) is 0. The van der Waals surface area contributed by atoms with Gasteiger partial charge in [0.1, 0.15) is 0 Å². The highest BCUT2D eigenvalue weighted by molar-refractivity contribution is 5.82. The molecule has 0 unspecified atom stereocenters. The summed E-state index contributed by atoms with van der Waals surface area (Å²) in [5, 5.41) is 0. The Morgan fingerprint density at radius 2 is 1.83 bits per heavy atom. The molecule has 0 bridgehead atoms. The van der Waals surface area contributed by atoms with Crippen molar-refractivity contribution in [1.29, 1.82) is 0 Å². The van der Waals surface area contributed by atoms with Crippen LogP contribution in [-0.2, 0) is 19.4 Å². The largest absolute Gasteiger partial charge is 0.378 e. The third-order valence-electron chi connectivity index (χ3n) is 0.980. The number of hydrogen-bond donors (Lipinski definition) is 0. The van der Waals surface area contributed by atoms with Gasteiger partial charge in [0.05, 0.1) is 5.92 Å². The van der Waals surface area contributed by atoms with Gasteiger partial charge in [-0.05, 0) is 6.92 Å². The first-order valence-electron chi connectivity index (χ1n) is 3.63. The SMILES string of the molecule is CC=CC(=O)OOC(=O)C(C)C. The van der Waals surface area contributed by atoms with Gasteiger partial charge in [-0.3, -0.25) is 0 Å². The zero-order chi connectivity index (χ0) is 9.56. The van der Waals surface area contributed by atoms with Gasteiger partial charge in [0.15, 0.2) is 0 Å². The van der Waals surface area contributed by atoms with E-state index >= 15 is 0 Å². The molecule has 0 heterocycles. The van der Waals surface area contributed by atoms with Crippen LogP contribution in [0.2, 0.25) is 0 Å². The fraction of sp³-hybridized carbons (Fsp3) is 0.500. The van der Waals surface area contributed by atoms with Crippen LogP contribution in [0, 0.1) is 5.92 Å². The van der Waals surface area contributed by atoms with E-state index in [1.165, 1.54) is 6.08 Å². The van der Waals surface area contributed by atoms with E-state index in [1.807, 2.05) is 0 Å². The van der Waals surface area contributed by atoms with Crippen LogP contribution >= 0.6 is 0 Å². The first-order valence-corrected chi connectivity index (χ1v) is 3.63. The van der Waals surface area contributed by atoms with E-state index in [-0.39, 0.29) is 5.92 Å². The standard InChI is InChI=1S/C8H12O4/c1-4-5-7(9)11-12-8(10)6(2)3/h4-6H,1-3H3. The number of hydrogen-bond acceptors (Lipinski definition) is 4. The van der Waals surface area contributed by atoms with Crippen LogP contribution < -0.4 is 0 Å². The van der Waals surface area contributed by atoms with Gasteiger partial charge in [-0.25, -0.2) is 19.4 Å². The molecule has 4 heteroatoms. The molecule has 0 aromatic carbocycles. The molecule has 0 saturated heterocycles. The summed E-state index contributed by atoms with van der Waals surface area (Å²) in [6.07, 6.45) is 2.65. The molecule has 0 radical (unpaired) electrons. The summed E-state index contributed by atoms with van der Waals surface area (Å²) >= 11 is 0. The minimum Gasteiger partial charge on any atom is -0.247 e. The molecular weight excluding hydrogens is 160 g/mol. The lowest BCUT2D eigenvalue weighted by Gasteiger charge is -2.02. The second-order valence-corrected chi connectivity index (χ2v) is 2.46. The summed E-state index contributed by atoms with van der Waals surface area (Å²) in [6, 6.07) is 0. The van der Waals surface area contributed by atoms with E-state index in [0.717, 1.165) is 6.08 Å². The summed E-state index contributed by atoms with van der Waals surface area (Å²) in [4.78, 5) is 29.6. The van der Waals surface area contributed by atoms with Crippen molar-refractivity contribution in [3.05, 3.63) is 12.2 Å². The maximum absolute atomic E-state index is 10.7. The maximum Gasteiger partial charge on any atom is 0.378 e. The van der Waals surface area contributed by atoms with Crippen molar-refractivity contribution in [2.45, 2.75) is 20.8 Å². The van der Waals surface area contributed by atoms with Crippen LogP contribution in [0.5, 0.6) is 0 Å². The Balaban J connectivity index is 3.69. The van der Waals surface area contributed by atoms with Gasteiger partial charge in [0.2, 0.25) is 0 Å². The minimum atomic E-state index is -0.688. The van der Waals surface area contributed by atoms with Gasteiger partial charge in [-0.2, -0.15) is 0 Å². The van der Waals surface area contributed by atoms with Crippen molar-refractivity contribution in [2.75, 3.05) is 0 Å². The topological polar surface area (TPSA) is 52.6 Å². The molecular formula is C8H12O4. The lowest BCUT2D eigenvalue weighted by molar-refractivity contribution is -0.257. The smallest absolute Gasteiger partial charge is 0.247 e. The molecule has 0 aliphatic rings. The Morgan fingerprint density at radius 3 is 2.25 bits per heavy atom. The highest BCUT2D eigenvalue weighted by Crippen LogP contribution is 1.96. The quantitative estimate of drug-likeness (QED) is 0.357. The van der Waals surface area contributed by atoms with Crippen molar-refractivity contribution in [1.82, 2.24) is 0 Å². The van der Waals surface area contributed by atoms with Gasteiger partial charge < -0.3 is 0 Å². The lowest BCUT2D eigenvalue weighted by Crippen LogP contribution is -2.14. The van der Waals surface area contributed by atoms with Gasteiger partial charge in [0.25, 0.3) is 0 Å². The first kappa shape index (κ1) is 10.7. The summed E-state index contributed by atoms with van der Waals surface area (Å²) in [5.74, 6) is -1.55. The van der Waals surface area contributed by atoms with Crippen molar-refractivity contribution < 1.29 is 19.4 Å². The average molecular weight is 172 g/mol. The minimum absolute atomic E-state index is 0.302. The highest BCUT2D eigenvalue weighted by Gasteiger charge is 2.11. The number of carbonyl (C=O) groups is 2. The molecule has 0 aromatic rings. The van der Waals surface area contributed by atoms with Crippen molar-refractivity contribution in [3.8, 4) is 0 Å². The van der Waals surface area contributed by atoms with E-state index in [4.69, 9.17) is 0 Å². The van der Waals surface area contributed by atoms with E-state index in [0.29, 0.717) is 0 Å². The maximum atomic E-state index is 10.7. The fourth-order valence-corrected chi connectivity index (χ4v) is 0.342. The third kappa shape index (κ3) is 4.49. The molecule has 12 heavy (non-hydrogen) atoms. The van der Waals surface area contributed by atoms with Gasteiger partial charge in [0, 0.05) is 6.08 Å². The fourth-order valence-electron chi connectivity index (χ4n) is 0.342. The van der Waals surface area contributed by atoms with E-state index in [1.54, 1.807) is 20.8 Å². The predicted molar refractivity (Wildman–Crippen MR) is 41.8 cm³/mol. The predicted octanol–water partition coefficient (Wildman–Crippen LogP) is 1.22. The highest BCUT2D eigenvalue weighted by atomic mass is 17.2. The molecule has 0 saturated carbocycles. The Bertz CT molecular complexity index is 193. The second-order valence-electron chi connectivity index (χ2n) is 2.46. The molecule has 4 nitrogen and oxygen atoms in total. The van der Waals surface area contributed by atoms with Crippen molar-refractivity contribution >= 4 is 11.9 Å². The van der Waals surface area contributed by atoms with Crippen LogP contribution in [0.1, 0.15) is 20.8 Å². The molecule has 0 aromatic heterocycles. The molecule has 0 aliphatic carbocycles. The molecule has 0 amide bonds. The zero-order valence-corrected chi connectivity index (χ0v) is 7.37. The Hall–Kier alpha value is -1.32. The summed E-state index contributed by atoms with van der Waals surface area (Å²) < 4.78 is 0. The normalized spacial score (nSPS) is 10.3. The van der Waals surface area contributed by atoms with E-state index in [2.05, 4.69) is 9.78 Å². The molecule has 0 aliphatic heterocycles. The van der Waals surface area contributed by atoms with Crippen LogP contribution in [0.3, 0.4) is 0 Å². The zero-order valence-electron chi connectivity index (χ0n) is 7.37. The van der Waals surface area contributed by atoms with Gasteiger partial charge >= 0.3 is 11.9 Å². The molecule has 0 atom stereocenters. The first-order chi connectivity index (χ1) is 5.57. The Morgan fingerprint density at radius 1 is 1.25 bits per heavy atom. The van der Waals surface area contributed by atoms with Gasteiger partial charge in [-0.1, -0.05) is 19.9 Å². The van der Waals surface area contributed by atoms with Crippen molar-refractivity contribution in [3.63, 3.8) is 0 Å². The monoisotopic (exact) mass is 172 g/mol. The lowest BCUT2D eigenvalue weighted by atomic mass is 10.2. The van der Waals surface area contributed by atoms with Crippen LogP contribution in [0.15, 0.2) is 12.2 Å². The molecule has 0 fully saturated rings. The summed E-state index contributed by atoms with van der Waals surface area (Å²) in [7, 11) is 0. The number of carbonyl (C=O) groups excluding carboxylic acids is 2. The van der Waals surface area contributed by atoms with Crippen LogP contribution in [0.25, 0.3) is 0 Å². The second kappa shape index (κ2) is 5.35. The van der Waals surface area contributed by atoms with E-state index < -0.39 is 11.9 Å². The van der Waals surface area contributed by atoms with Crippen LogP contribution in [0.4, 0.5) is 0 Å². The average Bonchev–Trinajstić information content (AvgIpc) is 2.00. The summed E-state index contributed by atoms with van der Waals surface area (Å²) in [6.45, 7) is 4.95. The Labute approximate surface area is 71.1 Å². The van der Waals surface area contributed by atoms with Gasteiger partial charge in [-0.15, -0.1) is 0 Å². The molecule has 0 rings (SSSR count). The molecule has 0 N–H and O–H groups in total. The number of allylic oxidation sites excluding steroid dienone is 1. The van der Waals surface area contributed by atoms with Crippen molar-refractivity contribution in [2.24, 2.45) is 5.92 Å². The molecule has 0 spiro atoms. The number of rotatable bonds is 2. The van der Waals surface area contributed by atoms with E-state index in [9.17, 15) is 9.59 Å². The Kier molecular flexibility index (Phi) is 4.76. The van der Waals surface area contributed by atoms with Crippen LogP contribution in [-0.4, -0.2) is 11.9 Å². The molecule has 68 valence electrons.